The lowest BCUT2D eigenvalue weighted by Gasteiger charge is -2.22. The zero-order valence-electron chi connectivity index (χ0n) is 12.6. The summed E-state index contributed by atoms with van der Waals surface area (Å²) in [5.74, 6) is 3.18. The molecule has 2 heterocycles. The van der Waals surface area contributed by atoms with E-state index in [4.69, 9.17) is 9.47 Å². The zero-order valence-corrected chi connectivity index (χ0v) is 13.6. The summed E-state index contributed by atoms with van der Waals surface area (Å²) in [4.78, 5) is 4.53. The van der Waals surface area contributed by atoms with Crippen molar-refractivity contribution in [1.82, 2.24) is 4.98 Å². The molecule has 1 unspecified atom stereocenters. The van der Waals surface area contributed by atoms with Crippen molar-refractivity contribution in [3.8, 4) is 11.5 Å². The van der Waals surface area contributed by atoms with Crippen LogP contribution < -0.4 is 0 Å². The number of hydrogen-bond acceptors (Lipinski definition) is 3. The van der Waals surface area contributed by atoms with Gasteiger partial charge < -0.3 is 9.47 Å². The second-order valence-electron chi connectivity index (χ2n) is 6.12. The van der Waals surface area contributed by atoms with Gasteiger partial charge in [0, 0.05) is 6.61 Å². The van der Waals surface area contributed by atoms with Gasteiger partial charge in [-0.2, -0.15) is 0 Å². The van der Waals surface area contributed by atoms with Crippen molar-refractivity contribution in [1.29, 1.82) is 0 Å². The van der Waals surface area contributed by atoms with E-state index in [1.54, 1.807) is 0 Å². The molecule has 0 amide bonds. The number of nitrogens with zero attached hydrogens (tertiary/aromatic N) is 1. The van der Waals surface area contributed by atoms with E-state index in [1.807, 2.05) is 18.2 Å². The molecule has 1 aliphatic heterocycles. The molecular formula is C16H23NO2Si. The van der Waals surface area contributed by atoms with Crippen LogP contribution in [-0.2, 0) is 16.1 Å². The highest BCUT2D eigenvalue weighted by Crippen LogP contribution is 2.15. The summed E-state index contributed by atoms with van der Waals surface area (Å²) in [6.45, 7) is 7.99. The number of aromatic nitrogens is 1. The number of ether oxygens (including phenoxy) is 2. The van der Waals surface area contributed by atoms with Crippen LogP contribution in [0.3, 0.4) is 0 Å². The molecule has 2 rings (SSSR count). The minimum atomic E-state index is -1.36. The number of pyridine rings is 1. The molecule has 0 saturated carbocycles. The van der Waals surface area contributed by atoms with Crippen LogP contribution in [0.4, 0.5) is 0 Å². The Balaban J connectivity index is 1.93. The molecule has 4 heteroatoms. The summed E-state index contributed by atoms with van der Waals surface area (Å²) in [5.41, 5.74) is 5.08. The zero-order chi connectivity index (χ0) is 14.4. The molecule has 3 nitrogen and oxygen atoms in total. The first-order valence-electron chi connectivity index (χ1n) is 7.25. The minimum absolute atomic E-state index is 0.0673. The maximum absolute atomic E-state index is 5.75. The Bertz CT molecular complexity index is 493. The molecule has 0 bridgehead atoms. The van der Waals surface area contributed by atoms with Crippen LogP contribution in [-0.4, -0.2) is 26.0 Å². The Morgan fingerprint density at radius 2 is 2.20 bits per heavy atom. The molecule has 1 saturated heterocycles. The fraction of sp³-hybridized carbons (Fsp3) is 0.562. The quantitative estimate of drug-likeness (QED) is 0.631. The Labute approximate surface area is 122 Å². The van der Waals surface area contributed by atoms with Crippen molar-refractivity contribution in [3.05, 3.63) is 29.6 Å². The van der Waals surface area contributed by atoms with Crippen molar-refractivity contribution < 1.29 is 9.47 Å². The van der Waals surface area contributed by atoms with Crippen molar-refractivity contribution in [2.24, 2.45) is 0 Å². The minimum Gasteiger partial charge on any atom is -0.353 e. The van der Waals surface area contributed by atoms with E-state index in [-0.39, 0.29) is 6.29 Å². The summed E-state index contributed by atoms with van der Waals surface area (Å²) >= 11 is 0. The van der Waals surface area contributed by atoms with Crippen LogP contribution in [0.5, 0.6) is 0 Å². The molecule has 108 valence electrons. The summed E-state index contributed by atoms with van der Waals surface area (Å²) in [6, 6.07) is 5.91. The van der Waals surface area contributed by atoms with Gasteiger partial charge in [0.05, 0.1) is 12.3 Å². The standard InChI is InChI=1S/C16H23NO2Si/c1-20(2,3)12-10-14-7-6-8-15(17-14)13-19-16-9-4-5-11-18-16/h6-8,16H,4-5,9,11,13H2,1-3H3. The molecule has 0 aliphatic carbocycles. The van der Waals surface area contributed by atoms with E-state index < -0.39 is 8.07 Å². The van der Waals surface area contributed by atoms with Gasteiger partial charge in [-0.05, 0) is 31.4 Å². The number of hydrogen-bond donors (Lipinski definition) is 0. The largest absolute Gasteiger partial charge is 0.353 e. The summed E-state index contributed by atoms with van der Waals surface area (Å²) in [7, 11) is -1.36. The van der Waals surface area contributed by atoms with Crippen molar-refractivity contribution in [3.63, 3.8) is 0 Å². The van der Waals surface area contributed by atoms with Gasteiger partial charge in [-0.1, -0.05) is 31.6 Å². The van der Waals surface area contributed by atoms with Gasteiger partial charge >= 0.3 is 0 Å². The number of rotatable bonds is 3. The van der Waals surface area contributed by atoms with Crippen LogP contribution in [0.2, 0.25) is 19.6 Å². The first-order chi connectivity index (χ1) is 9.53. The lowest BCUT2D eigenvalue weighted by atomic mass is 10.2. The van der Waals surface area contributed by atoms with Crippen molar-refractivity contribution in [2.45, 2.75) is 51.8 Å². The second kappa shape index (κ2) is 7.03. The predicted molar refractivity (Wildman–Crippen MR) is 82.8 cm³/mol. The Morgan fingerprint density at radius 1 is 1.35 bits per heavy atom. The van der Waals surface area contributed by atoms with Gasteiger partial charge in [0.1, 0.15) is 13.8 Å². The van der Waals surface area contributed by atoms with Gasteiger partial charge in [-0.25, -0.2) is 4.98 Å². The monoisotopic (exact) mass is 289 g/mol. The Morgan fingerprint density at radius 3 is 2.90 bits per heavy atom. The molecule has 1 atom stereocenters. The topological polar surface area (TPSA) is 31.4 Å². The average molecular weight is 289 g/mol. The summed E-state index contributed by atoms with van der Waals surface area (Å²) in [6.07, 6.45) is 3.23. The third-order valence-electron chi connectivity index (χ3n) is 2.93. The summed E-state index contributed by atoms with van der Waals surface area (Å²) < 4.78 is 11.3. The highest BCUT2D eigenvalue weighted by atomic mass is 28.3. The summed E-state index contributed by atoms with van der Waals surface area (Å²) in [5, 5.41) is 0. The van der Waals surface area contributed by atoms with Gasteiger partial charge in [0.25, 0.3) is 0 Å². The first kappa shape index (κ1) is 15.2. The molecule has 1 aromatic rings. The molecule has 1 aliphatic rings. The lowest BCUT2D eigenvalue weighted by molar-refractivity contribution is -0.169. The normalized spacial score (nSPS) is 19.2. The molecule has 0 N–H and O–H groups in total. The van der Waals surface area contributed by atoms with Gasteiger partial charge in [0.2, 0.25) is 0 Å². The van der Waals surface area contributed by atoms with E-state index in [0.29, 0.717) is 6.61 Å². The molecule has 0 radical (unpaired) electrons. The van der Waals surface area contributed by atoms with Crippen LogP contribution in [0.1, 0.15) is 30.7 Å². The molecule has 0 aromatic carbocycles. The molecule has 1 aromatic heterocycles. The van der Waals surface area contributed by atoms with Crippen molar-refractivity contribution in [2.75, 3.05) is 6.61 Å². The maximum atomic E-state index is 5.75. The Kier molecular flexibility index (Phi) is 5.36. The van der Waals surface area contributed by atoms with Crippen LogP contribution in [0.15, 0.2) is 18.2 Å². The highest BCUT2D eigenvalue weighted by molar-refractivity contribution is 6.83. The third-order valence-corrected chi connectivity index (χ3v) is 3.80. The second-order valence-corrected chi connectivity index (χ2v) is 10.9. The van der Waals surface area contributed by atoms with Crippen molar-refractivity contribution >= 4 is 8.07 Å². The van der Waals surface area contributed by atoms with E-state index in [2.05, 4.69) is 36.1 Å². The third kappa shape index (κ3) is 5.46. The maximum Gasteiger partial charge on any atom is 0.158 e. The predicted octanol–water partition coefficient (Wildman–Crippen LogP) is 3.35. The van der Waals surface area contributed by atoms with E-state index in [9.17, 15) is 0 Å². The molecule has 1 fully saturated rings. The van der Waals surface area contributed by atoms with Gasteiger partial charge in [-0.3, -0.25) is 0 Å². The van der Waals surface area contributed by atoms with Crippen LogP contribution in [0.25, 0.3) is 0 Å². The average Bonchev–Trinajstić information content (AvgIpc) is 2.44. The van der Waals surface area contributed by atoms with Crippen LogP contribution >= 0.6 is 0 Å². The lowest BCUT2D eigenvalue weighted by Crippen LogP contribution is -2.22. The van der Waals surface area contributed by atoms with E-state index >= 15 is 0 Å². The van der Waals surface area contributed by atoms with Crippen LogP contribution in [0, 0.1) is 11.5 Å². The molecular weight excluding hydrogens is 266 g/mol. The smallest absolute Gasteiger partial charge is 0.158 e. The molecule has 0 spiro atoms. The Hall–Kier alpha value is -1.15. The highest BCUT2D eigenvalue weighted by Gasteiger charge is 2.14. The van der Waals surface area contributed by atoms with Gasteiger partial charge in [0.15, 0.2) is 6.29 Å². The first-order valence-corrected chi connectivity index (χ1v) is 10.8. The van der Waals surface area contributed by atoms with E-state index in [0.717, 1.165) is 30.8 Å². The SMILES string of the molecule is C[Si](C)(C)C#Cc1cccc(COC2CCCCO2)n1. The molecule has 20 heavy (non-hydrogen) atoms. The fourth-order valence-electron chi connectivity index (χ4n) is 1.90. The van der Waals surface area contributed by atoms with E-state index in [1.165, 1.54) is 6.42 Å². The fourth-order valence-corrected chi connectivity index (χ4v) is 2.41. The van der Waals surface area contributed by atoms with Gasteiger partial charge in [-0.15, -0.1) is 5.54 Å².